The molecule has 3 aliphatic heterocycles. The molecule has 1 aromatic heterocycles. The third-order valence-electron chi connectivity index (χ3n) is 11.1. The number of benzene rings is 1. The van der Waals surface area contributed by atoms with Gasteiger partial charge in [-0.2, -0.15) is 0 Å². The zero-order chi connectivity index (χ0) is 34.4. The number of aromatic nitrogens is 1. The van der Waals surface area contributed by atoms with Gasteiger partial charge in [-0.15, -0.1) is 0 Å². The van der Waals surface area contributed by atoms with E-state index in [1.807, 2.05) is 11.0 Å². The average Bonchev–Trinajstić information content (AvgIpc) is 3.62. The average molecular weight is 680 g/mol. The van der Waals surface area contributed by atoms with Gasteiger partial charge in [-0.25, -0.2) is 4.98 Å². The van der Waals surface area contributed by atoms with Crippen LogP contribution in [0.2, 0.25) is 0 Å². The summed E-state index contributed by atoms with van der Waals surface area (Å²) in [6, 6.07) is 5.98. The number of aliphatic hydroxyl groups excluding tert-OH is 1. The first kappa shape index (κ1) is 35.8. The number of hydrogen-bond donors (Lipinski definition) is 5. The fraction of sp³-hybridized carbons (Fsp3) is 0.703. The molecule has 2 aromatic rings. The number of nitrogens with zero attached hydrogens (tertiary/aromatic N) is 3. The molecule has 12 nitrogen and oxygen atoms in total. The van der Waals surface area contributed by atoms with Gasteiger partial charge in [0.25, 0.3) is 0 Å². The summed E-state index contributed by atoms with van der Waals surface area (Å²) in [7, 11) is 0. The normalized spacial score (nSPS) is 25.5. The van der Waals surface area contributed by atoms with Crippen molar-refractivity contribution in [3.8, 4) is 5.75 Å². The molecule has 1 aliphatic carbocycles. The number of ether oxygens (including phenoxy) is 1. The van der Waals surface area contributed by atoms with Crippen LogP contribution in [0.5, 0.6) is 5.75 Å². The Balaban J connectivity index is 1.08. The summed E-state index contributed by atoms with van der Waals surface area (Å²) in [6.07, 6.45) is 12.0. The molecule has 2 amide bonds. The van der Waals surface area contributed by atoms with E-state index < -0.39 is 12.1 Å². The van der Waals surface area contributed by atoms with Crippen molar-refractivity contribution in [2.45, 2.75) is 122 Å². The van der Waals surface area contributed by atoms with Crippen molar-refractivity contribution in [1.29, 1.82) is 0 Å². The molecule has 1 saturated carbocycles. The predicted octanol–water partition coefficient (Wildman–Crippen LogP) is 2.90. The lowest BCUT2D eigenvalue weighted by atomic mass is 9.67. The molecule has 3 unspecified atom stereocenters. The van der Waals surface area contributed by atoms with Gasteiger partial charge in [0.1, 0.15) is 12.4 Å². The summed E-state index contributed by atoms with van der Waals surface area (Å²) in [6.45, 7) is 9.98. The molecular formula is C37H57N7O5. The van der Waals surface area contributed by atoms with Crippen LogP contribution in [0.4, 0.5) is 0 Å². The SMILES string of the molecule is CC(=O)N1CC(NC2NC(C(C)C)NC(C(=O)NC[C@H](O)CN3CCc4cc(OCc5cnco5)ccc4C3)C23CCCCCCCC3)C1. The molecule has 49 heavy (non-hydrogen) atoms. The van der Waals surface area contributed by atoms with Crippen LogP contribution < -0.4 is 26.0 Å². The van der Waals surface area contributed by atoms with E-state index in [-0.39, 0.29) is 48.1 Å². The maximum atomic E-state index is 14.3. The zero-order valence-electron chi connectivity index (χ0n) is 29.6. The second kappa shape index (κ2) is 16.3. The number of carbonyl (C=O) groups is 2. The number of nitrogens with one attached hydrogen (secondary N) is 4. The van der Waals surface area contributed by atoms with E-state index in [1.54, 1.807) is 13.1 Å². The highest BCUT2D eigenvalue weighted by atomic mass is 16.5. The second-order valence-corrected chi connectivity index (χ2v) is 15.1. The van der Waals surface area contributed by atoms with Gasteiger partial charge in [0, 0.05) is 57.6 Å². The van der Waals surface area contributed by atoms with Gasteiger partial charge in [-0.05, 0) is 48.4 Å². The van der Waals surface area contributed by atoms with Crippen LogP contribution in [0, 0.1) is 11.3 Å². The van der Waals surface area contributed by atoms with E-state index >= 15 is 0 Å². The summed E-state index contributed by atoms with van der Waals surface area (Å²) in [4.78, 5) is 34.3. The van der Waals surface area contributed by atoms with Crippen LogP contribution >= 0.6 is 0 Å². The minimum absolute atomic E-state index is 0.0296. The number of hydrogen-bond acceptors (Lipinski definition) is 10. The minimum atomic E-state index is -0.685. The van der Waals surface area contributed by atoms with Crippen molar-refractivity contribution >= 4 is 11.8 Å². The van der Waals surface area contributed by atoms with Crippen molar-refractivity contribution in [3.05, 3.63) is 47.7 Å². The van der Waals surface area contributed by atoms with Gasteiger partial charge >= 0.3 is 0 Å². The quantitative estimate of drug-likeness (QED) is 0.241. The number of oxazole rings is 1. The molecule has 6 rings (SSSR count). The Morgan fingerprint density at radius 1 is 1.10 bits per heavy atom. The van der Waals surface area contributed by atoms with E-state index in [1.165, 1.54) is 43.2 Å². The molecule has 12 heteroatoms. The smallest absolute Gasteiger partial charge is 0.237 e. The van der Waals surface area contributed by atoms with Crippen LogP contribution in [0.15, 0.2) is 35.2 Å². The number of fused-ring (bicyclic) bond motifs is 1. The van der Waals surface area contributed by atoms with Gasteiger partial charge < -0.3 is 24.5 Å². The zero-order valence-corrected chi connectivity index (χ0v) is 29.6. The van der Waals surface area contributed by atoms with Crippen LogP contribution in [-0.4, -0.2) is 94.9 Å². The molecule has 2 saturated heterocycles. The maximum absolute atomic E-state index is 14.3. The number of aliphatic hydroxyl groups is 1. The summed E-state index contributed by atoms with van der Waals surface area (Å²) < 4.78 is 11.2. The van der Waals surface area contributed by atoms with E-state index in [4.69, 9.17) is 9.15 Å². The number of carbonyl (C=O) groups excluding carboxylic acids is 2. The molecule has 4 aliphatic rings. The van der Waals surface area contributed by atoms with E-state index in [0.29, 0.717) is 32.0 Å². The number of rotatable bonds is 11. The van der Waals surface area contributed by atoms with Crippen LogP contribution in [-0.2, 0) is 29.2 Å². The Morgan fingerprint density at radius 3 is 2.55 bits per heavy atom. The molecule has 0 bridgehead atoms. The minimum Gasteiger partial charge on any atom is -0.486 e. The van der Waals surface area contributed by atoms with E-state index in [2.05, 4.69) is 57.1 Å². The lowest BCUT2D eigenvalue weighted by molar-refractivity contribution is -0.135. The van der Waals surface area contributed by atoms with Gasteiger partial charge in [-0.1, -0.05) is 58.4 Å². The van der Waals surface area contributed by atoms with Crippen molar-refractivity contribution in [1.82, 2.24) is 36.1 Å². The van der Waals surface area contributed by atoms with Gasteiger partial charge in [0.05, 0.1) is 30.7 Å². The lowest BCUT2D eigenvalue weighted by Crippen LogP contribution is -2.78. The molecule has 4 heterocycles. The Morgan fingerprint density at radius 2 is 1.86 bits per heavy atom. The monoisotopic (exact) mass is 679 g/mol. The van der Waals surface area contributed by atoms with Crippen molar-refractivity contribution in [2.24, 2.45) is 11.3 Å². The molecule has 3 fully saturated rings. The highest BCUT2D eigenvalue weighted by Gasteiger charge is 2.53. The van der Waals surface area contributed by atoms with Crippen molar-refractivity contribution < 1.29 is 23.8 Å². The summed E-state index contributed by atoms with van der Waals surface area (Å²) in [5.41, 5.74) is 2.16. The Bertz CT molecular complexity index is 1370. The Kier molecular flexibility index (Phi) is 11.9. The molecule has 1 spiro atoms. The van der Waals surface area contributed by atoms with Gasteiger partial charge in [0.2, 0.25) is 11.8 Å². The summed E-state index contributed by atoms with van der Waals surface area (Å²) in [5, 5.41) is 25.9. The number of likely N-dealkylation sites (tertiary alicyclic amines) is 1. The van der Waals surface area contributed by atoms with Gasteiger partial charge in [-0.3, -0.25) is 30.4 Å². The molecule has 0 radical (unpaired) electrons. The fourth-order valence-corrected chi connectivity index (χ4v) is 8.22. The Hall–Kier alpha value is -3.03. The third kappa shape index (κ3) is 8.83. The third-order valence-corrected chi connectivity index (χ3v) is 11.1. The summed E-state index contributed by atoms with van der Waals surface area (Å²) in [5.74, 6) is 1.84. The first-order valence-electron chi connectivity index (χ1n) is 18.5. The largest absolute Gasteiger partial charge is 0.486 e. The molecular weight excluding hydrogens is 622 g/mol. The number of β-amino-alcohol motifs (C(OH)–C–C–N with tert-alkyl or cyclic N) is 1. The molecule has 1 aromatic carbocycles. The van der Waals surface area contributed by atoms with Gasteiger partial charge in [0.15, 0.2) is 12.2 Å². The van der Waals surface area contributed by atoms with Crippen LogP contribution in [0.1, 0.15) is 89.0 Å². The number of amides is 2. The second-order valence-electron chi connectivity index (χ2n) is 15.1. The molecule has 270 valence electrons. The highest BCUT2D eigenvalue weighted by molar-refractivity contribution is 5.83. The predicted molar refractivity (Wildman–Crippen MR) is 186 cm³/mol. The first-order chi connectivity index (χ1) is 23.7. The van der Waals surface area contributed by atoms with Crippen molar-refractivity contribution in [2.75, 3.05) is 32.7 Å². The first-order valence-corrected chi connectivity index (χ1v) is 18.5. The fourth-order valence-electron chi connectivity index (χ4n) is 8.22. The Labute approximate surface area is 291 Å². The van der Waals surface area contributed by atoms with E-state index in [0.717, 1.165) is 50.9 Å². The molecule has 5 N–H and O–H groups in total. The van der Waals surface area contributed by atoms with Crippen LogP contribution in [0.3, 0.4) is 0 Å². The molecule has 4 atom stereocenters. The highest BCUT2D eigenvalue weighted by Crippen LogP contribution is 2.42. The maximum Gasteiger partial charge on any atom is 0.237 e. The standard InChI is InChI=1S/C37H57N7O5/c1-25(2)34-41-33(37(13-8-6-4-5-7-9-14-37)36(42-34)40-29-20-44(21-29)26(3)45)35(47)39-17-30(46)22-43-15-12-27-16-31(11-10-28(27)19-43)48-23-32-18-38-24-49-32/h10-11,16,18,24-25,29-30,33-34,36,40-42,46H,4-9,12-15,17,19-23H2,1-3H3,(H,39,47)/t30-,33?,34?,36?/m0/s1. The van der Waals surface area contributed by atoms with E-state index in [9.17, 15) is 14.7 Å². The lowest BCUT2D eigenvalue weighted by Gasteiger charge is -2.55. The summed E-state index contributed by atoms with van der Waals surface area (Å²) >= 11 is 0. The van der Waals surface area contributed by atoms with Crippen molar-refractivity contribution in [3.63, 3.8) is 0 Å². The topological polar surface area (TPSA) is 144 Å². The van der Waals surface area contributed by atoms with Crippen LogP contribution in [0.25, 0.3) is 0 Å².